The van der Waals surface area contributed by atoms with Crippen LogP contribution in [-0.4, -0.2) is 0 Å². The van der Waals surface area contributed by atoms with Crippen molar-refractivity contribution in [1.82, 2.24) is 0 Å². The zero-order valence-electron chi connectivity index (χ0n) is 9.15. The van der Waals surface area contributed by atoms with E-state index in [0.29, 0.717) is 0 Å². The zero-order chi connectivity index (χ0) is 9.56. The summed E-state index contributed by atoms with van der Waals surface area (Å²) in [5, 5.41) is 0. The summed E-state index contributed by atoms with van der Waals surface area (Å²) < 4.78 is 0. The molecule has 0 nitrogen and oxygen atoms in total. The van der Waals surface area contributed by atoms with E-state index in [2.05, 4.69) is 46.8 Å². The Morgan fingerprint density at radius 3 is 2.00 bits per heavy atom. The minimum Gasteiger partial charge on any atom is -0.0736 e. The second kappa shape index (κ2) is 6.05. The van der Waals surface area contributed by atoms with Crippen molar-refractivity contribution < 1.29 is 0 Å². The molecule has 0 aliphatic heterocycles. The van der Waals surface area contributed by atoms with Gasteiger partial charge in [0.15, 0.2) is 0 Å². The first-order valence-corrected chi connectivity index (χ1v) is 4.89. The topological polar surface area (TPSA) is 0 Å². The van der Waals surface area contributed by atoms with Gasteiger partial charge in [-0.1, -0.05) is 44.1 Å². The molecular formula is C12H22. The predicted octanol–water partition coefficient (Wildman–Crippen LogP) is 4.34. The summed E-state index contributed by atoms with van der Waals surface area (Å²) in [6, 6.07) is 0. The minimum absolute atomic E-state index is 0.775. The molecule has 0 amide bonds. The summed E-state index contributed by atoms with van der Waals surface area (Å²) in [4.78, 5) is 0. The van der Waals surface area contributed by atoms with Crippen LogP contribution in [0.15, 0.2) is 23.3 Å². The SMILES string of the molecule is CC/C(C)=C\C=C(/C)CC(C)C. The second-order valence-corrected chi connectivity index (χ2v) is 3.98. The van der Waals surface area contributed by atoms with Crippen LogP contribution in [0.4, 0.5) is 0 Å². The molecule has 0 N–H and O–H groups in total. The smallest absolute Gasteiger partial charge is 0.0297 e. The molecule has 0 aromatic carbocycles. The molecule has 0 heteroatoms. The van der Waals surface area contributed by atoms with E-state index < -0.39 is 0 Å². The monoisotopic (exact) mass is 166 g/mol. The van der Waals surface area contributed by atoms with Crippen molar-refractivity contribution in [3.05, 3.63) is 23.3 Å². The Bertz CT molecular complexity index is 170. The van der Waals surface area contributed by atoms with Gasteiger partial charge in [0.25, 0.3) is 0 Å². The Morgan fingerprint density at radius 1 is 1.08 bits per heavy atom. The van der Waals surface area contributed by atoms with E-state index in [1.807, 2.05) is 0 Å². The first-order valence-electron chi connectivity index (χ1n) is 4.89. The lowest BCUT2D eigenvalue weighted by molar-refractivity contribution is 0.642. The Labute approximate surface area is 77.4 Å². The van der Waals surface area contributed by atoms with Crippen LogP contribution in [0.3, 0.4) is 0 Å². The molecular weight excluding hydrogens is 144 g/mol. The molecule has 0 fully saturated rings. The van der Waals surface area contributed by atoms with Gasteiger partial charge in [-0.3, -0.25) is 0 Å². The molecule has 70 valence electrons. The Balaban J connectivity index is 4.00. The summed E-state index contributed by atoms with van der Waals surface area (Å²) in [6.07, 6.45) is 6.86. The molecule has 0 radical (unpaired) electrons. The van der Waals surface area contributed by atoms with Gasteiger partial charge in [-0.25, -0.2) is 0 Å². The summed E-state index contributed by atoms with van der Waals surface area (Å²) in [5.74, 6) is 0.775. The van der Waals surface area contributed by atoms with Crippen molar-refractivity contribution in [3.8, 4) is 0 Å². The van der Waals surface area contributed by atoms with E-state index in [0.717, 1.165) is 12.3 Å². The molecule has 0 aromatic heterocycles. The standard InChI is InChI=1S/C12H22/c1-6-11(4)7-8-12(5)9-10(2)3/h7-8,10H,6,9H2,1-5H3/b11-7-,12-8+. The maximum Gasteiger partial charge on any atom is -0.0297 e. The molecule has 0 heterocycles. The molecule has 0 atom stereocenters. The average molecular weight is 166 g/mol. The van der Waals surface area contributed by atoms with Gasteiger partial charge >= 0.3 is 0 Å². The number of hydrogen-bond acceptors (Lipinski definition) is 0. The molecule has 0 spiro atoms. The third kappa shape index (κ3) is 6.21. The van der Waals surface area contributed by atoms with Gasteiger partial charge in [-0.2, -0.15) is 0 Å². The molecule has 0 saturated carbocycles. The summed E-state index contributed by atoms with van der Waals surface area (Å²) >= 11 is 0. The highest BCUT2D eigenvalue weighted by molar-refractivity contribution is 5.15. The highest BCUT2D eigenvalue weighted by Gasteiger charge is 1.93. The maximum atomic E-state index is 2.26. The fourth-order valence-electron chi connectivity index (χ4n) is 1.11. The molecule has 0 rings (SSSR count). The minimum atomic E-state index is 0.775. The maximum absolute atomic E-state index is 2.26. The van der Waals surface area contributed by atoms with E-state index >= 15 is 0 Å². The van der Waals surface area contributed by atoms with Gasteiger partial charge in [-0.05, 0) is 32.6 Å². The van der Waals surface area contributed by atoms with E-state index in [1.54, 1.807) is 0 Å². The van der Waals surface area contributed by atoms with Crippen LogP contribution in [0.2, 0.25) is 0 Å². The molecule has 0 aliphatic rings. The van der Waals surface area contributed by atoms with Gasteiger partial charge in [0.2, 0.25) is 0 Å². The molecule has 0 unspecified atom stereocenters. The van der Waals surface area contributed by atoms with Crippen LogP contribution < -0.4 is 0 Å². The molecule has 0 bridgehead atoms. The van der Waals surface area contributed by atoms with Gasteiger partial charge in [0.1, 0.15) is 0 Å². The summed E-state index contributed by atoms with van der Waals surface area (Å²) in [6.45, 7) is 11.1. The first-order chi connectivity index (χ1) is 5.56. The fraction of sp³-hybridized carbons (Fsp3) is 0.667. The second-order valence-electron chi connectivity index (χ2n) is 3.98. The Hall–Kier alpha value is -0.520. The van der Waals surface area contributed by atoms with Gasteiger partial charge in [0, 0.05) is 0 Å². The first kappa shape index (κ1) is 11.5. The quantitative estimate of drug-likeness (QED) is 0.545. The van der Waals surface area contributed by atoms with Crippen molar-refractivity contribution in [3.63, 3.8) is 0 Å². The van der Waals surface area contributed by atoms with E-state index in [4.69, 9.17) is 0 Å². The normalized spacial score (nSPS) is 14.2. The largest absolute Gasteiger partial charge is 0.0736 e. The lowest BCUT2D eigenvalue weighted by atomic mass is 10.0. The van der Waals surface area contributed by atoms with Crippen molar-refractivity contribution in [2.24, 2.45) is 5.92 Å². The molecule has 0 aliphatic carbocycles. The van der Waals surface area contributed by atoms with E-state index in [-0.39, 0.29) is 0 Å². The van der Waals surface area contributed by atoms with Crippen molar-refractivity contribution in [2.45, 2.75) is 47.5 Å². The van der Waals surface area contributed by atoms with Crippen LogP contribution in [-0.2, 0) is 0 Å². The van der Waals surface area contributed by atoms with Crippen LogP contribution in [0, 0.1) is 5.92 Å². The molecule has 0 saturated heterocycles. The number of allylic oxidation sites excluding steroid dienone is 4. The number of hydrogen-bond donors (Lipinski definition) is 0. The fourth-order valence-corrected chi connectivity index (χ4v) is 1.11. The molecule has 12 heavy (non-hydrogen) atoms. The van der Waals surface area contributed by atoms with Gasteiger partial charge in [-0.15, -0.1) is 0 Å². The third-order valence-electron chi connectivity index (χ3n) is 1.94. The highest BCUT2D eigenvalue weighted by atomic mass is 14.0. The lowest BCUT2D eigenvalue weighted by Crippen LogP contribution is -1.87. The Morgan fingerprint density at radius 2 is 1.58 bits per heavy atom. The number of rotatable bonds is 4. The van der Waals surface area contributed by atoms with Crippen LogP contribution >= 0.6 is 0 Å². The van der Waals surface area contributed by atoms with E-state index in [9.17, 15) is 0 Å². The van der Waals surface area contributed by atoms with Gasteiger partial charge < -0.3 is 0 Å². The Kier molecular flexibility index (Phi) is 5.79. The molecule has 0 aromatic rings. The van der Waals surface area contributed by atoms with Crippen molar-refractivity contribution in [2.75, 3.05) is 0 Å². The van der Waals surface area contributed by atoms with E-state index in [1.165, 1.54) is 17.6 Å². The van der Waals surface area contributed by atoms with Crippen LogP contribution in [0.5, 0.6) is 0 Å². The van der Waals surface area contributed by atoms with Crippen LogP contribution in [0.25, 0.3) is 0 Å². The van der Waals surface area contributed by atoms with Crippen LogP contribution in [0.1, 0.15) is 47.5 Å². The highest BCUT2D eigenvalue weighted by Crippen LogP contribution is 2.10. The van der Waals surface area contributed by atoms with Gasteiger partial charge in [0.05, 0.1) is 0 Å². The average Bonchev–Trinajstić information content (AvgIpc) is 1.99. The summed E-state index contributed by atoms with van der Waals surface area (Å²) in [5.41, 5.74) is 2.94. The zero-order valence-corrected chi connectivity index (χ0v) is 9.15. The third-order valence-corrected chi connectivity index (χ3v) is 1.94. The summed E-state index contributed by atoms with van der Waals surface area (Å²) in [7, 11) is 0. The predicted molar refractivity (Wildman–Crippen MR) is 57.3 cm³/mol. The van der Waals surface area contributed by atoms with Crippen molar-refractivity contribution in [1.29, 1.82) is 0 Å². The lowest BCUT2D eigenvalue weighted by Gasteiger charge is -2.03. The van der Waals surface area contributed by atoms with Crippen molar-refractivity contribution >= 4 is 0 Å².